The van der Waals surface area contributed by atoms with E-state index in [0.717, 1.165) is 11.3 Å². The number of ketones is 1. The van der Waals surface area contributed by atoms with Crippen LogP contribution in [0.15, 0.2) is 60.1 Å². The first-order valence-corrected chi connectivity index (χ1v) is 9.42. The molecule has 154 valence electrons. The van der Waals surface area contributed by atoms with Gasteiger partial charge in [0.2, 0.25) is 5.95 Å². The molecule has 0 aliphatic carbocycles. The van der Waals surface area contributed by atoms with Crippen LogP contribution in [0.3, 0.4) is 0 Å². The number of anilines is 1. The zero-order valence-electron chi connectivity index (χ0n) is 16.8. The van der Waals surface area contributed by atoms with E-state index in [0.29, 0.717) is 28.6 Å². The van der Waals surface area contributed by atoms with Crippen molar-refractivity contribution in [2.24, 2.45) is 0 Å². The van der Waals surface area contributed by atoms with Gasteiger partial charge in [-0.3, -0.25) is 4.79 Å². The van der Waals surface area contributed by atoms with Crippen LogP contribution < -0.4 is 14.8 Å². The molecule has 7 nitrogen and oxygen atoms in total. The van der Waals surface area contributed by atoms with Crippen LogP contribution in [0.4, 0.5) is 10.3 Å². The lowest BCUT2D eigenvalue weighted by molar-refractivity contribution is -0.114. The Kier molecular flexibility index (Phi) is 5.22. The second kappa shape index (κ2) is 7.98. The first kappa shape index (κ1) is 19.6. The SMILES string of the molecule is COc1cc([C@H]2C(C(C)=O)=C(C)Nc3ncnn32)ccc1OCc1ccccc1F. The number of hydrogen-bond acceptors (Lipinski definition) is 6. The molecule has 30 heavy (non-hydrogen) atoms. The first-order valence-electron chi connectivity index (χ1n) is 9.42. The maximum atomic E-state index is 13.9. The van der Waals surface area contributed by atoms with E-state index in [1.54, 1.807) is 35.0 Å². The molecule has 0 saturated heterocycles. The van der Waals surface area contributed by atoms with Crippen molar-refractivity contribution in [1.29, 1.82) is 0 Å². The normalized spacial score (nSPS) is 15.4. The minimum absolute atomic E-state index is 0.0648. The predicted octanol–water partition coefficient (Wildman–Crippen LogP) is 3.88. The number of Topliss-reactive ketones (excluding diaryl/α,β-unsaturated/α-hetero) is 1. The van der Waals surface area contributed by atoms with Crippen LogP contribution in [0, 0.1) is 5.82 Å². The molecule has 0 saturated carbocycles. The van der Waals surface area contributed by atoms with Crippen molar-refractivity contribution in [3.63, 3.8) is 0 Å². The standard InChI is InChI=1S/C22H21FN4O3/c1-13-20(14(2)28)21(27-22(26-13)24-12-25-27)15-8-9-18(19(10-15)29-3)30-11-16-6-4-5-7-17(16)23/h4-10,12,21H,11H2,1-3H3,(H,24,25,26)/t21-/m0/s1. The maximum absolute atomic E-state index is 13.9. The highest BCUT2D eigenvalue weighted by molar-refractivity contribution is 5.96. The number of ether oxygens (including phenoxy) is 2. The summed E-state index contributed by atoms with van der Waals surface area (Å²) in [6.07, 6.45) is 1.44. The summed E-state index contributed by atoms with van der Waals surface area (Å²) in [7, 11) is 1.53. The van der Waals surface area contributed by atoms with Crippen molar-refractivity contribution in [3.8, 4) is 11.5 Å². The fourth-order valence-corrected chi connectivity index (χ4v) is 3.60. The van der Waals surface area contributed by atoms with Gasteiger partial charge in [-0.2, -0.15) is 10.1 Å². The van der Waals surface area contributed by atoms with Gasteiger partial charge in [0.1, 0.15) is 24.8 Å². The number of carbonyl (C=O) groups excluding carboxylic acids is 1. The second-order valence-corrected chi connectivity index (χ2v) is 6.94. The average molecular weight is 408 g/mol. The van der Waals surface area contributed by atoms with Gasteiger partial charge in [0.05, 0.1) is 7.11 Å². The molecule has 0 fully saturated rings. The van der Waals surface area contributed by atoms with E-state index < -0.39 is 6.04 Å². The molecule has 2 heterocycles. The molecule has 1 aliphatic heterocycles. The first-order chi connectivity index (χ1) is 14.5. The van der Waals surface area contributed by atoms with Crippen molar-refractivity contribution in [2.75, 3.05) is 12.4 Å². The zero-order chi connectivity index (χ0) is 21.3. The molecule has 1 aromatic heterocycles. The van der Waals surface area contributed by atoms with E-state index >= 15 is 0 Å². The van der Waals surface area contributed by atoms with Gasteiger partial charge in [-0.15, -0.1) is 0 Å². The summed E-state index contributed by atoms with van der Waals surface area (Å²) in [5.74, 6) is 1.12. The molecular weight excluding hydrogens is 387 g/mol. The Balaban J connectivity index is 1.69. The van der Waals surface area contributed by atoms with Crippen LogP contribution in [0.1, 0.15) is 31.0 Å². The van der Waals surface area contributed by atoms with Gasteiger partial charge in [-0.1, -0.05) is 24.3 Å². The number of halogens is 1. The van der Waals surface area contributed by atoms with Crippen molar-refractivity contribution >= 4 is 11.7 Å². The van der Waals surface area contributed by atoms with E-state index in [1.807, 2.05) is 13.0 Å². The Hall–Kier alpha value is -3.68. The Morgan fingerprint density at radius 2 is 2.03 bits per heavy atom. The topological polar surface area (TPSA) is 78.3 Å². The summed E-state index contributed by atoms with van der Waals surface area (Å²) >= 11 is 0. The fourth-order valence-electron chi connectivity index (χ4n) is 3.60. The molecule has 0 radical (unpaired) electrons. The number of methoxy groups -OCH3 is 1. The molecule has 8 heteroatoms. The summed E-state index contributed by atoms with van der Waals surface area (Å²) < 4.78 is 26.8. The van der Waals surface area contributed by atoms with Gasteiger partial charge in [-0.05, 0) is 37.6 Å². The summed E-state index contributed by atoms with van der Waals surface area (Å²) in [6, 6.07) is 11.4. The molecule has 1 aliphatic rings. The average Bonchev–Trinajstić information content (AvgIpc) is 3.20. The molecule has 2 aromatic carbocycles. The Labute approximate surface area is 173 Å². The van der Waals surface area contributed by atoms with Gasteiger partial charge < -0.3 is 14.8 Å². The van der Waals surface area contributed by atoms with Gasteiger partial charge >= 0.3 is 0 Å². The summed E-state index contributed by atoms with van der Waals surface area (Å²) in [5.41, 5.74) is 2.57. The van der Waals surface area contributed by atoms with Gasteiger partial charge in [-0.25, -0.2) is 9.07 Å². The van der Waals surface area contributed by atoms with Crippen LogP contribution in [-0.2, 0) is 11.4 Å². The number of benzene rings is 2. The quantitative estimate of drug-likeness (QED) is 0.667. The van der Waals surface area contributed by atoms with E-state index in [1.165, 1.54) is 26.4 Å². The third-order valence-electron chi connectivity index (χ3n) is 5.02. The summed E-state index contributed by atoms with van der Waals surface area (Å²) in [6.45, 7) is 3.43. The monoisotopic (exact) mass is 408 g/mol. The Morgan fingerprint density at radius 1 is 1.23 bits per heavy atom. The van der Waals surface area contributed by atoms with E-state index in [9.17, 15) is 9.18 Å². The van der Waals surface area contributed by atoms with Crippen molar-refractivity contribution < 1.29 is 18.7 Å². The van der Waals surface area contributed by atoms with E-state index in [2.05, 4.69) is 15.4 Å². The molecule has 0 amide bonds. The van der Waals surface area contributed by atoms with Gasteiger partial charge in [0.15, 0.2) is 17.3 Å². The summed E-state index contributed by atoms with van der Waals surface area (Å²) in [5, 5.41) is 7.40. The van der Waals surface area contributed by atoms with Gasteiger partial charge in [0.25, 0.3) is 0 Å². The molecule has 1 atom stereocenters. The largest absolute Gasteiger partial charge is 0.493 e. The van der Waals surface area contributed by atoms with Crippen LogP contribution >= 0.6 is 0 Å². The summed E-state index contributed by atoms with van der Waals surface area (Å²) in [4.78, 5) is 16.6. The number of aromatic nitrogens is 3. The zero-order valence-corrected chi connectivity index (χ0v) is 16.8. The Morgan fingerprint density at radius 3 is 2.77 bits per heavy atom. The fraction of sp³-hybridized carbons (Fsp3) is 0.227. The third kappa shape index (κ3) is 3.52. The predicted molar refractivity (Wildman–Crippen MR) is 109 cm³/mol. The maximum Gasteiger partial charge on any atom is 0.226 e. The Bertz CT molecular complexity index is 1140. The van der Waals surface area contributed by atoms with Crippen molar-refractivity contribution in [3.05, 3.63) is 77.0 Å². The highest BCUT2D eigenvalue weighted by Gasteiger charge is 2.32. The van der Waals surface area contributed by atoms with Crippen LogP contribution in [0.2, 0.25) is 0 Å². The lowest BCUT2D eigenvalue weighted by Gasteiger charge is -2.28. The number of hydrogen-bond donors (Lipinski definition) is 1. The minimum atomic E-state index is -0.448. The third-order valence-corrected chi connectivity index (χ3v) is 5.02. The second-order valence-electron chi connectivity index (χ2n) is 6.94. The molecule has 3 aromatic rings. The van der Waals surface area contributed by atoms with E-state index in [-0.39, 0.29) is 18.2 Å². The number of rotatable bonds is 6. The molecule has 0 bridgehead atoms. The van der Waals surface area contributed by atoms with Gasteiger partial charge in [0, 0.05) is 16.8 Å². The number of nitrogens with zero attached hydrogens (tertiary/aromatic N) is 3. The molecule has 4 rings (SSSR count). The number of nitrogens with one attached hydrogen (secondary N) is 1. The lowest BCUT2D eigenvalue weighted by atomic mass is 9.93. The highest BCUT2D eigenvalue weighted by Crippen LogP contribution is 2.38. The molecule has 0 unspecified atom stereocenters. The molecule has 0 spiro atoms. The van der Waals surface area contributed by atoms with Crippen LogP contribution in [0.5, 0.6) is 11.5 Å². The van der Waals surface area contributed by atoms with E-state index in [4.69, 9.17) is 9.47 Å². The number of fused-ring (bicyclic) bond motifs is 1. The van der Waals surface area contributed by atoms with Crippen molar-refractivity contribution in [2.45, 2.75) is 26.5 Å². The smallest absolute Gasteiger partial charge is 0.226 e. The lowest BCUT2D eigenvalue weighted by Crippen LogP contribution is -2.27. The minimum Gasteiger partial charge on any atom is -0.493 e. The van der Waals surface area contributed by atoms with Crippen molar-refractivity contribution in [1.82, 2.24) is 14.8 Å². The van der Waals surface area contributed by atoms with Crippen LogP contribution in [-0.4, -0.2) is 27.7 Å². The van der Waals surface area contributed by atoms with Crippen LogP contribution in [0.25, 0.3) is 0 Å². The highest BCUT2D eigenvalue weighted by atomic mass is 19.1. The number of allylic oxidation sites excluding steroid dienone is 2. The molecule has 1 N–H and O–H groups in total. The number of carbonyl (C=O) groups is 1. The molecular formula is C22H21FN4O3.